The second kappa shape index (κ2) is 7.13. The van der Waals surface area contributed by atoms with E-state index in [1.165, 1.54) is 0 Å². The number of nitro benzene ring substituents is 1. The Morgan fingerprint density at radius 3 is 2.48 bits per heavy atom. The standard InChI is InChI=1S/C9H9N2O2S2.CH4O4S/c1-10-7-4-3-6(11(12)13)5-8(7)15-9(10)14-2;1-5-6(2,3)4/h3-5H,1-2H3;1H3,(H,2,3,4)/q+1;. The first-order valence-corrected chi connectivity index (χ1v) is 8.74. The van der Waals surface area contributed by atoms with Gasteiger partial charge in [0.25, 0.3) is 10.0 Å². The number of nitro groups is 1. The van der Waals surface area contributed by atoms with Crippen molar-refractivity contribution in [3.8, 4) is 0 Å². The minimum absolute atomic E-state index is 0.150. The molecule has 1 N–H and O–H groups in total. The largest absolute Gasteiger partial charge is 0.397 e. The first kappa shape index (κ1) is 17.8. The third kappa shape index (κ3) is 4.89. The molecule has 0 aliphatic rings. The van der Waals surface area contributed by atoms with Crippen molar-refractivity contribution in [1.82, 2.24) is 0 Å². The fourth-order valence-corrected chi connectivity index (χ4v) is 3.30. The number of fused-ring (bicyclic) bond motifs is 1. The summed E-state index contributed by atoms with van der Waals surface area (Å²) in [5.41, 5.74) is 1.19. The van der Waals surface area contributed by atoms with Crippen LogP contribution in [0.5, 0.6) is 0 Å². The van der Waals surface area contributed by atoms with E-state index in [-0.39, 0.29) is 10.6 Å². The summed E-state index contributed by atoms with van der Waals surface area (Å²) in [7, 11) is -1.32. The molecule has 0 amide bonds. The predicted molar refractivity (Wildman–Crippen MR) is 80.0 cm³/mol. The molecule has 0 radical (unpaired) electrons. The summed E-state index contributed by atoms with van der Waals surface area (Å²) >= 11 is 3.22. The Hall–Kier alpha value is -1.27. The number of thiazole rings is 1. The molecule has 116 valence electrons. The molecule has 0 spiro atoms. The molecule has 0 saturated heterocycles. The highest BCUT2D eigenvalue weighted by molar-refractivity contribution is 8.00. The highest BCUT2D eigenvalue weighted by Gasteiger charge is 2.18. The van der Waals surface area contributed by atoms with Gasteiger partial charge in [-0.1, -0.05) is 11.3 Å². The van der Waals surface area contributed by atoms with E-state index in [1.807, 2.05) is 17.9 Å². The topological polar surface area (TPSA) is 111 Å². The van der Waals surface area contributed by atoms with Gasteiger partial charge < -0.3 is 0 Å². The molecule has 8 nitrogen and oxygen atoms in total. The normalized spacial score (nSPS) is 11.0. The number of thioether (sulfide) groups is 1. The summed E-state index contributed by atoms with van der Waals surface area (Å²) in [5, 5.41) is 10.6. The highest BCUT2D eigenvalue weighted by atomic mass is 32.3. The summed E-state index contributed by atoms with van der Waals surface area (Å²) in [4.78, 5) is 10.2. The zero-order valence-electron chi connectivity index (χ0n) is 11.3. The number of hydrogen-bond donors (Lipinski definition) is 1. The summed E-state index contributed by atoms with van der Waals surface area (Å²) < 4.78 is 33.9. The summed E-state index contributed by atoms with van der Waals surface area (Å²) in [5.74, 6) is 0. The van der Waals surface area contributed by atoms with E-state index in [0.717, 1.165) is 21.7 Å². The molecular weight excluding hydrogens is 340 g/mol. The van der Waals surface area contributed by atoms with Gasteiger partial charge in [-0.05, 0) is 18.0 Å². The summed E-state index contributed by atoms with van der Waals surface area (Å²) in [6.45, 7) is 0. The molecule has 1 aromatic carbocycles. The highest BCUT2D eigenvalue weighted by Crippen LogP contribution is 2.28. The van der Waals surface area contributed by atoms with Gasteiger partial charge in [0, 0.05) is 18.2 Å². The Balaban J connectivity index is 0.000000315. The summed E-state index contributed by atoms with van der Waals surface area (Å²) in [6, 6.07) is 4.96. The van der Waals surface area contributed by atoms with Crippen LogP contribution in [0.15, 0.2) is 22.5 Å². The molecule has 11 heteroatoms. The maximum absolute atomic E-state index is 10.6. The van der Waals surface area contributed by atoms with Crippen LogP contribution in [-0.4, -0.2) is 31.3 Å². The first-order valence-electron chi connectivity index (χ1n) is 5.33. The molecule has 0 saturated carbocycles. The number of nitrogens with zero attached hydrogens (tertiary/aromatic N) is 2. The van der Waals surface area contributed by atoms with E-state index in [0.29, 0.717) is 0 Å². The number of non-ortho nitro benzene ring substituents is 1. The van der Waals surface area contributed by atoms with Crippen molar-refractivity contribution in [2.24, 2.45) is 7.05 Å². The van der Waals surface area contributed by atoms with Crippen LogP contribution in [0.4, 0.5) is 5.69 Å². The molecular formula is C10H13N2O6S3+. The van der Waals surface area contributed by atoms with Gasteiger partial charge in [-0.25, -0.2) is 0 Å². The van der Waals surface area contributed by atoms with Crippen molar-refractivity contribution in [2.75, 3.05) is 13.4 Å². The maximum atomic E-state index is 10.6. The van der Waals surface area contributed by atoms with Crippen LogP contribution in [0.1, 0.15) is 0 Å². The Morgan fingerprint density at radius 1 is 1.48 bits per heavy atom. The molecule has 21 heavy (non-hydrogen) atoms. The van der Waals surface area contributed by atoms with Gasteiger partial charge >= 0.3 is 10.4 Å². The van der Waals surface area contributed by atoms with Crippen molar-refractivity contribution in [3.63, 3.8) is 0 Å². The smallest absolute Gasteiger partial charge is 0.264 e. The molecule has 2 rings (SSSR count). The number of aryl methyl sites for hydroxylation is 1. The summed E-state index contributed by atoms with van der Waals surface area (Å²) in [6.07, 6.45) is 2.00. The van der Waals surface area contributed by atoms with Gasteiger partial charge in [0.2, 0.25) is 5.52 Å². The second-order valence-corrected chi connectivity index (χ2v) is 6.91. The van der Waals surface area contributed by atoms with Crippen LogP contribution in [0.25, 0.3) is 10.2 Å². The lowest BCUT2D eigenvalue weighted by molar-refractivity contribution is -0.676. The molecule has 2 aromatic rings. The van der Waals surface area contributed by atoms with E-state index in [4.69, 9.17) is 4.55 Å². The van der Waals surface area contributed by atoms with Crippen molar-refractivity contribution in [2.45, 2.75) is 4.34 Å². The van der Waals surface area contributed by atoms with E-state index < -0.39 is 10.4 Å². The molecule has 0 atom stereocenters. The predicted octanol–water partition coefficient (Wildman–Crippen LogP) is 1.79. The SMILES string of the molecule is COS(=O)(=O)O.CSc1sc2cc([N+](=O)[O-])ccc2[n+]1C. The van der Waals surface area contributed by atoms with Gasteiger partial charge in [-0.15, -0.1) is 0 Å². The lowest BCUT2D eigenvalue weighted by Crippen LogP contribution is -2.27. The third-order valence-corrected chi connectivity index (χ3v) is 5.16. The van der Waals surface area contributed by atoms with Crippen LogP contribution >= 0.6 is 23.1 Å². The fraction of sp³-hybridized carbons (Fsp3) is 0.300. The Kier molecular flexibility index (Phi) is 6.04. The van der Waals surface area contributed by atoms with Gasteiger partial charge in [-0.2, -0.15) is 13.0 Å². The quantitative estimate of drug-likeness (QED) is 0.294. The van der Waals surface area contributed by atoms with Crippen molar-refractivity contribution >= 4 is 49.4 Å². The van der Waals surface area contributed by atoms with Crippen LogP contribution in [0, 0.1) is 10.1 Å². The molecule has 0 unspecified atom stereocenters. The molecule has 0 bridgehead atoms. The van der Waals surface area contributed by atoms with E-state index in [9.17, 15) is 18.5 Å². The van der Waals surface area contributed by atoms with Gasteiger partial charge in [0.15, 0.2) is 0 Å². The van der Waals surface area contributed by atoms with Gasteiger partial charge in [-0.3, -0.25) is 18.9 Å². The van der Waals surface area contributed by atoms with Gasteiger partial charge in [0.1, 0.15) is 11.7 Å². The van der Waals surface area contributed by atoms with Gasteiger partial charge in [0.05, 0.1) is 12.0 Å². The van der Waals surface area contributed by atoms with Crippen LogP contribution in [-0.2, 0) is 21.6 Å². The minimum atomic E-state index is -4.16. The lowest BCUT2D eigenvalue weighted by atomic mass is 10.3. The second-order valence-electron chi connectivity index (χ2n) is 3.63. The third-order valence-electron chi connectivity index (χ3n) is 2.37. The fourth-order valence-electron chi connectivity index (χ4n) is 1.41. The average Bonchev–Trinajstić information content (AvgIpc) is 2.74. The van der Waals surface area contributed by atoms with E-state index in [1.54, 1.807) is 41.3 Å². The van der Waals surface area contributed by atoms with Crippen molar-refractivity contribution < 1.29 is 26.6 Å². The van der Waals surface area contributed by atoms with E-state index >= 15 is 0 Å². The molecule has 1 aromatic heterocycles. The number of aromatic nitrogens is 1. The molecule has 0 aliphatic heterocycles. The maximum Gasteiger partial charge on any atom is 0.397 e. The van der Waals surface area contributed by atoms with Crippen LogP contribution < -0.4 is 4.57 Å². The first-order chi connectivity index (χ1) is 9.69. The molecule has 0 fully saturated rings. The monoisotopic (exact) mass is 353 g/mol. The number of hydrogen-bond acceptors (Lipinski definition) is 7. The molecule has 1 heterocycles. The zero-order valence-corrected chi connectivity index (χ0v) is 13.8. The van der Waals surface area contributed by atoms with Crippen LogP contribution in [0.3, 0.4) is 0 Å². The van der Waals surface area contributed by atoms with E-state index in [2.05, 4.69) is 4.18 Å². The Bertz CT molecular complexity index is 755. The van der Waals surface area contributed by atoms with Crippen molar-refractivity contribution in [1.29, 1.82) is 0 Å². The van der Waals surface area contributed by atoms with Crippen molar-refractivity contribution in [3.05, 3.63) is 28.3 Å². The zero-order chi connectivity index (χ0) is 16.2. The minimum Gasteiger partial charge on any atom is -0.264 e. The Labute approximate surface area is 129 Å². The number of rotatable bonds is 3. The average molecular weight is 353 g/mol. The number of benzene rings is 1. The lowest BCUT2D eigenvalue weighted by Gasteiger charge is -1.88. The Morgan fingerprint density at radius 2 is 2.05 bits per heavy atom. The molecule has 0 aliphatic carbocycles. The van der Waals surface area contributed by atoms with Crippen LogP contribution in [0.2, 0.25) is 0 Å².